The Bertz CT molecular complexity index is 442. The Balaban J connectivity index is 2.00. The number of hydrogen-bond donors (Lipinski definition) is 0. The highest BCUT2D eigenvalue weighted by Crippen LogP contribution is 2.02. The van der Waals surface area contributed by atoms with Crippen molar-refractivity contribution in [2.75, 3.05) is 26.4 Å². The van der Waals surface area contributed by atoms with E-state index in [0.29, 0.717) is 13.2 Å². The first-order chi connectivity index (χ1) is 10.6. The molecule has 0 aromatic heterocycles. The van der Waals surface area contributed by atoms with Crippen LogP contribution in [0.3, 0.4) is 0 Å². The molecule has 0 unspecified atom stereocenters. The summed E-state index contributed by atoms with van der Waals surface area (Å²) in [6, 6.07) is 10.00. The quantitative estimate of drug-likeness (QED) is 0.490. The van der Waals surface area contributed by atoms with Gasteiger partial charge in [0, 0.05) is 0 Å². The lowest BCUT2D eigenvalue weighted by molar-refractivity contribution is -0.156. The standard InChI is InChI=1S/C17H24O5/c1-14(2)11-22-17(19)13-20-12-16(18)21-10-6-9-15-7-4-3-5-8-15/h3-5,7-8,14H,6,9-13H2,1-2H3. The number of benzene rings is 1. The molecular formula is C17H24O5. The van der Waals surface area contributed by atoms with Gasteiger partial charge in [-0.2, -0.15) is 0 Å². The summed E-state index contributed by atoms with van der Waals surface area (Å²) in [6.07, 6.45) is 1.61. The summed E-state index contributed by atoms with van der Waals surface area (Å²) in [5, 5.41) is 0. The summed E-state index contributed by atoms with van der Waals surface area (Å²) in [5.74, 6) is -0.658. The summed E-state index contributed by atoms with van der Waals surface area (Å²) in [6.45, 7) is 4.12. The minimum atomic E-state index is -0.468. The summed E-state index contributed by atoms with van der Waals surface area (Å²) in [7, 11) is 0. The molecule has 0 fully saturated rings. The maximum Gasteiger partial charge on any atom is 0.332 e. The van der Waals surface area contributed by atoms with Crippen molar-refractivity contribution in [3.05, 3.63) is 35.9 Å². The van der Waals surface area contributed by atoms with E-state index in [-0.39, 0.29) is 19.1 Å². The van der Waals surface area contributed by atoms with E-state index >= 15 is 0 Å². The Kier molecular flexibility index (Phi) is 8.91. The number of carbonyl (C=O) groups excluding carboxylic acids is 2. The highest BCUT2D eigenvalue weighted by Gasteiger charge is 2.08. The molecule has 5 heteroatoms. The van der Waals surface area contributed by atoms with Gasteiger partial charge in [0.25, 0.3) is 0 Å². The molecule has 0 aliphatic carbocycles. The Morgan fingerprint density at radius 2 is 1.64 bits per heavy atom. The maximum absolute atomic E-state index is 11.4. The van der Waals surface area contributed by atoms with E-state index in [0.717, 1.165) is 12.8 Å². The molecular weight excluding hydrogens is 284 g/mol. The fourth-order valence-electron chi connectivity index (χ4n) is 1.67. The van der Waals surface area contributed by atoms with Crippen LogP contribution >= 0.6 is 0 Å². The first-order valence-corrected chi connectivity index (χ1v) is 7.51. The lowest BCUT2D eigenvalue weighted by Crippen LogP contribution is -2.20. The average Bonchev–Trinajstić information content (AvgIpc) is 2.50. The molecule has 122 valence electrons. The van der Waals surface area contributed by atoms with E-state index in [1.807, 2.05) is 44.2 Å². The second-order valence-corrected chi connectivity index (χ2v) is 5.38. The van der Waals surface area contributed by atoms with E-state index in [1.165, 1.54) is 5.56 Å². The van der Waals surface area contributed by atoms with Gasteiger partial charge in [0.15, 0.2) is 0 Å². The molecule has 0 radical (unpaired) electrons. The van der Waals surface area contributed by atoms with Gasteiger partial charge in [-0.15, -0.1) is 0 Å². The molecule has 0 aliphatic heterocycles. The topological polar surface area (TPSA) is 61.8 Å². The molecule has 0 saturated heterocycles. The minimum Gasteiger partial charge on any atom is -0.464 e. The van der Waals surface area contributed by atoms with Gasteiger partial charge in [-0.1, -0.05) is 44.2 Å². The van der Waals surface area contributed by atoms with Gasteiger partial charge in [0.1, 0.15) is 13.2 Å². The van der Waals surface area contributed by atoms with Crippen LogP contribution in [0, 0.1) is 5.92 Å². The van der Waals surface area contributed by atoms with Crippen molar-refractivity contribution in [1.82, 2.24) is 0 Å². The Hall–Kier alpha value is -1.88. The SMILES string of the molecule is CC(C)COC(=O)COCC(=O)OCCCc1ccccc1. The van der Waals surface area contributed by atoms with Crippen LogP contribution in [0.2, 0.25) is 0 Å². The minimum absolute atomic E-state index is 0.230. The van der Waals surface area contributed by atoms with Crippen molar-refractivity contribution in [3.63, 3.8) is 0 Å². The zero-order valence-corrected chi connectivity index (χ0v) is 13.2. The molecule has 0 N–H and O–H groups in total. The third-order valence-electron chi connectivity index (χ3n) is 2.73. The van der Waals surface area contributed by atoms with E-state index < -0.39 is 11.9 Å². The van der Waals surface area contributed by atoms with Crippen LogP contribution in [0.5, 0.6) is 0 Å². The third-order valence-corrected chi connectivity index (χ3v) is 2.73. The largest absolute Gasteiger partial charge is 0.464 e. The number of carbonyl (C=O) groups is 2. The lowest BCUT2D eigenvalue weighted by atomic mass is 10.1. The number of rotatable bonds is 10. The molecule has 1 rings (SSSR count). The first kappa shape index (κ1) is 18.2. The number of ether oxygens (including phenoxy) is 3. The third kappa shape index (κ3) is 9.13. The van der Waals surface area contributed by atoms with Crippen molar-refractivity contribution in [2.45, 2.75) is 26.7 Å². The van der Waals surface area contributed by atoms with Crippen LogP contribution in [-0.2, 0) is 30.2 Å². The van der Waals surface area contributed by atoms with Crippen molar-refractivity contribution in [3.8, 4) is 0 Å². The van der Waals surface area contributed by atoms with E-state index in [1.54, 1.807) is 0 Å². The van der Waals surface area contributed by atoms with Gasteiger partial charge < -0.3 is 14.2 Å². The van der Waals surface area contributed by atoms with Crippen molar-refractivity contribution in [2.24, 2.45) is 5.92 Å². The summed E-state index contributed by atoms with van der Waals surface area (Å²) < 4.78 is 14.9. The monoisotopic (exact) mass is 308 g/mol. The normalized spacial score (nSPS) is 10.5. The zero-order valence-electron chi connectivity index (χ0n) is 13.2. The second kappa shape index (κ2) is 10.8. The van der Waals surface area contributed by atoms with Gasteiger partial charge in [-0.25, -0.2) is 9.59 Å². The van der Waals surface area contributed by atoms with E-state index in [9.17, 15) is 9.59 Å². The fourth-order valence-corrected chi connectivity index (χ4v) is 1.67. The molecule has 0 atom stereocenters. The molecule has 0 amide bonds. The van der Waals surface area contributed by atoms with Gasteiger partial charge in [0.05, 0.1) is 13.2 Å². The van der Waals surface area contributed by atoms with Crippen molar-refractivity contribution < 1.29 is 23.8 Å². The zero-order chi connectivity index (χ0) is 16.2. The first-order valence-electron chi connectivity index (χ1n) is 7.51. The number of esters is 2. The van der Waals surface area contributed by atoms with E-state index in [4.69, 9.17) is 14.2 Å². The number of aryl methyl sites for hydroxylation is 1. The van der Waals surface area contributed by atoms with Gasteiger partial charge in [-0.3, -0.25) is 0 Å². The Morgan fingerprint density at radius 3 is 2.27 bits per heavy atom. The van der Waals surface area contributed by atoms with Crippen molar-refractivity contribution >= 4 is 11.9 Å². The second-order valence-electron chi connectivity index (χ2n) is 5.38. The van der Waals surface area contributed by atoms with Crippen LogP contribution < -0.4 is 0 Å². The molecule has 0 aliphatic rings. The molecule has 22 heavy (non-hydrogen) atoms. The molecule has 0 heterocycles. The predicted molar refractivity (Wildman–Crippen MR) is 82.3 cm³/mol. The number of hydrogen-bond acceptors (Lipinski definition) is 5. The molecule has 1 aromatic rings. The summed E-state index contributed by atoms with van der Waals surface area (Å²) in [4.78, 5) is 22.6. The van der Waals surface area contributed by atoms with Gasteiger partial charge in [0.2, 0.25) is 0 Å². The van der Waals surface area contributed by atoms with Gasteiger partial charge >= 0.3 is 11.9 Å². The van der Waals surface area contributed by atoms with Crippen LogP contribution in [0.15, 0.2) is 30.3 Å². The highest BCUT2D eigenvalue weighted by molar-refractivity contribution is 5.73. The Labute approximate surface area is 131 Å². The summed E-state index contributed by atoms with van der Waals surface area (Å²) >= 11 is 0. The predicted octanol–water partition coefficient (Wildman–Crippen LogP) is 2.38. The van der Waals surface area contributed by atoms with Crippen LogP contribution in [0.25, 0.3) is 0 Å². The van der Waals surface area contributed by atoms with Crippen molar-refractivity contribution in [1.29, 1.82) is 0 Å². The molecule has 0 bridgehead atoms. The smallest absolute Gasteiger partial charge is 0.332 e. The molecule has 0 spiro atoms. The Morgan fingerprint density at radius 1 is 1.00 bits per heavy atom. The molecule has 1 aromatic carbocycles. The van der Waals surface area contributed by atoms with Gasteiger partial charge in [-0.05, 0) is 24.3 Å². The lowest BCUT2D eigenvalue weighted by Gasteiger charge is -2.08. The summed E-state index contributed by atoms with van der Waals surface area (Å²) in [5.41, 5.74) is 1.21. The highest BCUT2D eigenvalue weighted by atomic mass is 16.6. The van der Waals surface area contributed by atoms with Crippen LogP contribution in [0.1, 0.15) is 25.8 Å². The molecule has 0 saturated carbocycles. The van der Waals surface area contributed by atoms with E-state index in [2.05, 4.69) is 0 Å². The maximum atomic E-state index is 11.4. The molecule has 5 nitrogen and oxygen atoms in total. The van der Waals surface area contributed by atoms with Crippen LogP contribution in [-0.4, -0.2) is 38.4 Å². The van der Waals surface area contributed by atoms with Crippen LogP contribution in [0.4, 0.5) is 0 Å². The fraction of sp³-hybridized carbons (Fsp3) is 0.529. The average molecular weight is 308 g/mol.